The van der Waals surface area contributed by atoms with Gasteiger partial charge in [0.1, 0.15) is 5.75 Å². The van der Waals surface area contributed by atoms with Gasteiger partial charge in [-0.1, -0.05) is 26.0 Å². The number of benzene rings is 1. The third kappa shape index (κ3) is 4.96. The zero-order valence-corrected chi connectivity index (χ0v) is 10.7. The predicted molar refractivity (Wildman–Crippen MR) is 64.5 cm³/mol. The number of ether oxygens (including phenoxy) is 1. The molecule has 1 atom stereocenters. The minimum atomic E-state index is -4.63. The van der Waals surface area contributed by atoms with Gasteiger partial charge in [-0.3, -0.25) is 0 Å². The molecule has 18 heavy (non-hydrogen) atoms. The molecule has 0 bridgehead atoms. The maximum atomic E-state index is 12.0. The smallest absolute Gasteiger partial charge is 0.406 e. The van der Waals surface area contributed by atoms with Crippen LogP contribution in [-0.2, 0) is 6.42 Å². The number of hydrogen-bond donors (Lipinski definition) is 1. The molecule has 0 saturated heterocycles. The molecule has 2 nitrogen and oxygen atoms in total. The van der Waals surface area contributed by atoms with Gasteiger partial charge >= 0.3 is 6.36 Å². The molecule has 102 valence electrons. The van der Waals surface area contributed by atoms with Crippen molar-refractivity contribution in [3.63, 3.8) is 0 Å². The Morgan fingerprint density at radius 2 is 1.72 bits per heavy atom. The van der Waals surface area contributed by atoms with Crippen molar-refractivity contribution in [2.24, 2.45) is 5.92 Å². The fraction of sp³-hybridized carbons (Fsp3) is 0.538. The summed E-state index contributed by atoms with van der Waals surface area (Å²) in [7, 11) is 1.88. The van der Waals surface area contributed by atoms with Crippen molar-refractivity contribution < 1.29 is 17.9 Å². The Morgan fingerprint density at radius 1 is 1.17 bits per heavy atom. The van der Waals surface area contributed by atoms with Crippen molar-refractivity contribution in [2.45, 2.75) is 32.7 Å². The molecule has 1 unspecified atom stereocenters. The molecule has 1 aromatic carbocycles. The van der Waals surface area contributed by atoms with Gasteiger partial charge in [0.05, 0.1) is 0 Å². The molecular formula is C13H18F3NO. The first-order chi connectivity index (χ1) is 8.31. The van der Waals surface area contributed by atoms with Crippen LogP contribution in [0.5, 0.6) is 5.75 Å². The molecule has 0 aliphatic rings. The number of hydrogen-bond acceptors (Lipinski definition) is 2. The van der Waals surface area contributed by atoms with Gasteiger partial charge in [0, 0.05) is 6.04 Å². The summed E-state index contributed by atoms with van der Waals surface area (Å²) in [6.45, 7) is 4.20. The van der Waals surface area contributed by atoms with Gasteiger partial charge in [-0.2, -0.15) is 0 Å². The topological polar surface area (TPSA) is 21.3 Å². The normalized spacial score (nSPS) is 13.7. The molecule has 0 aromatic heterocycles. The Labute approximate surface area is 105 Å². The van der Waals surface area contributed by atoms with Crippen LogP contribution in [0.15, 0.2) is 24.3 Å². The maximum Gasteiger partial charge on any atom is 0.573 e. The monoisotopic (exact) mass is 261 g/mol. The fourth-order valence-corrected chi connectivity index (χ4v) is 1.75. The Kier molecular flexibility index (Phi) is 5.02. The predicted octanol–water partition coefficient (Wildman–Crippen LogP) is 3.37. The molecule has 0 radical (unpaired) electrons. The molecule has 0 aliphatic carbocycles. The largest absolute Gasteiger partial charge is 0.573 e. The van der Waals surface area contributed by atoms with Crippen LogP contribution in [0.1, 0.15) is 19.4 Å². The zero-order chi connectivity index (χ0) is 13.8. The SMILES string of the molecule is CNC(Cc1ccc(OC(F)(F)F)cc1)C(C)C. The quantitative estimate of drug-likeness (QED) is 0.877. The zero-order valence-electron chi connectivity index (χ0n) is 10.7. The van der Waals surface area contributed by atoms with E-state index in [0.29, 0.717) is 12.0 Å². The summed E-state index contributed by atoms with van der Waals surface area (Å²) >= 11 is 0. The van der Waals surface area contributed by atoms with Gasteiger partial charge in [0.15, 0.2) is 0 Å². The molecule has 0 aliphatic heterocycles. The van der Waals surface area contributed by atoms with E-state index in [0.717, 1.165) is 12.0 Å². The van der Waals surface area contributed by atoms with Gasteiger partial charge in [-0.05, 0) is 37.1 Å². The Bertz CT molecular complexity index is 359. The van der Waals surface area contributed by atoms with Gasteiger partial charge in [0.2, 0.25) is 0 Å². The van der Waals surface area contributed by atoms with E-state index < -0.39 is 6.36 Å². The van der Waals surface area contributed by atoms with E-state index in [4.69, 9.17) is 0 Å². The first kappa shape index (κ1) is 14.8. The first-order valence-electron chi connectivity index (χ1n) is 5.84. The van der Waals surface area contributed by atoms with E-state index in [9.17, 15) is 13.2 Å². The van der Waals surface area contributed by atoms with Crippen LogP contribution in [0.2, 0.25) is 0 Å². The average molecular weight is 261 g/mol. The van der Waals surface area contributed by atoms with Crippen molar-refractivity contribution in [2.75, 3.05) is 7.05 Å². The summed E-state index contributed by atoms with van der Waals surface area (Å²) in [4.78, 5) is 0. The van der Waals surface area contributed by atoms with Crippen LogP contribution < -0.4 is 10.1 Å². The molecular weight excluding hydrogens is 243 g/mol. The van der Waals surface area contributed by atoms with Crippen LogP contribution in [0, 0.1) is 5.92 Å². The highest BCUT2D eigenvalue weighted by atomic mass is 19.4. The highest BCUT2D eigenvalue weighted by Gasteiger charge is 2.30. The van der Waals surface area contributed by atoms with Gasteiger partial charge in [0.25, 0.3) is 0 Å². The minimum Gasteiger partial charge on any atom is -0.406 e. The number of likely N-dealkylation sites (N-methyl/N-ethyl adjacent to an activating group) is 1. The van der Waals surface area contributed by atoms with Crippen LogP contribution >= 0.6 is 0 Å². The second-order valence-electron chi connectivity index (χ2n) is 4.54. The molecule has 0 fully saturated rings. The molecule has 0 saturated carbocycles. The number of nitrogens with one attached hydrogen (secondary N) is 1. The average Bonchev–Trinajstić information content (AvgIpc) is 2.25. The lowest BCUT2D eigenvalue weighted by Crippen LogP contribution is -2.32. The molecule has 5 heteroatoms. The van der Waals surface area contributed by atoms with E-state index in [-0.39, 0.29) is 5.75 Å². The molecule has 0 spiro atoms. The Balaban J connectivity index is 2.65. The summed E-state index contributed by atoms with van der Waals surface area (Å²) in [5, 5.41) is 3.19. The summed E-state index contributed by atoms with van der Waals surface area (Å²) < 4.78 is 39.8. The molecule has 1 aromatic rings. The molecule has 1 N–H and O–H groups in total. The number of rotatable bonds is 5. The van der Waals surface area contributed by atoms with Crippen molar-refractivity contribution >= 4 is 0 Å². The van der Waals surface area contributed by atoms with Gasteiger partial charge in [-0.15, -0.1) is 13.2 Å². The highest BCUT2D eigenvalue weighted by Crippen LogP contribution is 2.23. The van der Waals surface area contributed by atoms with Gasteiger partial charge < -0.3 is 10.1 Å². The van der Waals surface area contributed by atoms with E-state index in [1.165, 1.54) is 12.1 Å². The standard InChI is InChI=1S/C13H18F3NO/c1-9(2)12(17-3)8-10-4-6-11(7-5-10)18-13(14,15)16/h4-7,9,12,17H,8H2,1-3H3. The third-order valence-corrected chi connectivity index (χ3v) is 2.79. The second kappa shape index (κ2) is 6.09. The third-order valence-electron chi connectivity index (χ3n) is 2.79. The number of halogens is 3. The minimum absolute atomic E-state index is 0.184. The summed E-state index contributed by atoms with van der Waals surface area (Å²) in [5.41, 5.74) is 0.984. The highest BCUT2D eigenvalue weighted by molar-refractivity contribution is 5.28. The molecule has 0 heterocycles. The van der Waals surface area contributed by atoms with E-state index in [1.807, 2.05) is 7.05 Å². The lowest BCUT2D eigenvalue weighted by atomic mass is 9.97. The van der Waals surface area contributed by atoms with Crippen molar-refractivity contribution in [3.8, 4) is 5.75 Å². The van der Waals surface area contributed by atoms with Crippen LogP contribution in [0.3, 0.4) is 0 Å². The lowest BCUT2D eigenvalue weighted by Gasteiger charge is -2.20. The molecule has 1 rings (SSSR count). The lowest BCUT2D eigenvalue weighted by molar-refractivity contribution is -0.274. The maximum absolute atomic E-state index is 12.0. The van der Waals surface area contributed by atoms with Crippen molar-refractivity contribution in [1.82, 2.24) is 5.32 Å². The molecule has 0 amide bonds. The Hall–Kier alpha value is -1.23. The summed E-state index contributed by atoms with van der Waals surface area (Å²) in [6, 6.07) is 6.31. The van der Waals surface area contributed by atoms with Crippen LogP contribution in [0.4, 0.5) is 13.2 Å². The van der Waals surface area contributed by atoms with Crippen molar-refractivity contribution in [1.29, 1.82) is 0 Å². The van der Waals surface area contributed by atoms with E-state index in [1.54, 1.807) is 12.1 Å². The number of alkyl halides is 3. The van der Waals surface area contributed by atoms with Crippen LogP contribution in [0.25, 0.3) is 0 Å². The fourth-order valence-electron chi connectivity index (χ4n) is 1.75. The first-order valence-corrected chi connectivity index (χ1v) is 5.84. The van der Waals surface area contributed by atoms with E-state index >= 15 is 0 Å². The Morgan fingerprint density at radius 3 is 2.11 bits per heavy atom. The summed E-state index contributed by atoms with van der Waals surface area (Å²) in [5.74, 6) is 0.276. The van der Waals surface area contributed by atoms with Gasteiger partial charge in [-0.25, -0.2) is 0 Å². The summed E-state index contributed by atoms with van der Waals surface area (Å²) in [6.07, 6.45) is -3.85. The van der Waals surface area contributed by atoms with Crippen LogP contribution in [-0.4, -0.2) is 19.5 Å². The van der Waals surface area contributed by atoms with E-state index in [2.05, 4.69) is 23.9 Å². The van der Waals surface area contributed by atoms with Crippen molar-refractivity contribution in [3.05, 3.63) is 29.8 Å². The second-order valence-corrected chi connectivity index (χ2v) is 4.54.